The zero-order valence-corrected chi connectivity index (χ0v) is 15.6. The van der Waals surface area contributed by atoms with Gasteiger partial charge in [-0.1, -0.05) is 0 Å². The standard InChI is InChI=1S/C24H18O4/c1-15-21-11-7-17(25-21)3-5-19-9-13-23(27-19)16(2)24-14-10-20(28-24)6-4-18-8-12-22(15)26-18/h3-14H,1-2H3. The van der Waals surface area contributed by atoms with Gasteiger partial charge in [-0.3, -0.25) is 0 Å². The largest absolute Gasteiger partial charge is 0.457 e. The highest BCUT2D eigenvalue weighted by Crippen LogP contribution is 2.22. The van der Waals surface area contributed by atoms with Gasteiger partial charge < -0.3 is 17.7 Å². The first-order valence-electron chi connectivity index (χ1n) is 9.10. The van der Waals surface area contributed by atoms with Crippen LogP contribution in [0.2, 0.25) is 0 Å². The summed E-state index contributed by atoms with van der Waals surface area (Å²) in [5.74, 6) is 0. The highest BCUT2D eigenvalue weighted by molar-refractivity contribution is 5.71. The Morgan fingerprint density at radius 1 is 0.357 bits per heavy atom. The van der Waals surface area contributed by atoms with Crippen molar-refractivity contribution in [3.05, 3.63) is 83.9 Å². The number of aryl methyl sites for hydroxylation is 2. The van der Waals surface area contributed by atoms with E-state index in [9.17, 15) is 0 Å². The highest BCUT2D eigenvalue weighted by Gasteiger charge is 2.02. The molecule has 0 saturated heterocycles. The molecule has 5 rings (SSSR count). The first-order valence-corrected chi connectivity index (χ1v) is 9.10. The minimum atomic E-state index is 0.747. The molecular formula is C24H18O4. The Morgan fingerprint density at radius 2 is 0.571 bits per heavy atom. The quantitative estimate of drug-likeness (QED) is 0.282. The second-order valence-corrected chi connectivity index (χ2v) is 6.72. The SMILES string of the molecule is Cc1c2ccc(ccc3ccc(o3)c(C)c3ccc(ccc4ccc1o4)o3)o2. The van der Waals surface area contributed by atoms with Crippen LogP contribution in [0.5, 0.6) is 0 Å². The molecule has 5 aromatic rings. The van der Waals surface area contributed by atoms with Gasteiger partial charge >= 0.3 is 0 Å². The molecule has 0 aliphatic heterocycles. The average Bonchev–Trinajstić information content (AvgIpc) is 3.49. The predicted molar refractivity (Wildman–Crippen MR) is 110 cm³/mol. The number of furan rings is 4. The Bertz CT molecular complexity index is 1220. The van der Waals surface area contributed by atoms with Crippen molar-refractivity contribution in [3.63, 3.8) is 0 Å². The highest BCUT2D eigenvalue weighted by atomic mass is 16.4. The van der Waals surface area contributed by atoms with E-state index in [0.29, 0.717) is 0 Å². The maximum atomic E-state index is 5.93. The molecule has 138 valence electrons. The van der Waals surface area contributed by atoms with Crippen LogP contribution >= 0.6 is 0 Å². The lowest BCUT2D eigenvalue weighted by Gasteiger charge is -1.89. The van der Waals surface area contributed by atoms with E-state index in [1.165, 1.54) is 0 Å². The molecule has 0 fully saturated rings. The molecule has 5 heterocycles. The fourth-order valence-corrected chi connectivity index (χ4v) is 3.15. The monoisotopic (exact) mass is 370 g/mol. The van der Waals surface area contributed by atoms with E-state index in [1.54, 1.807) is 0 Å². The summed E-state index contributed by atoms with van der Waals surface area (Å²) < 4.78 is 23.7. The van der Waals surface area contributed by atoms with E-state index in [4.69, 9.17) is 17.7 Å². The molecule has 4 heteroatoms. The third-order valence-corrected chi connectivity index (χ3v) is 4.81. The summed E-state index contributed by atoms with van der Waals surface area (Å²) in [5.41, 5.74) is 7.94. The third-order valence-electron chi connectivity index (χ3n) is 4.81. The normalized spacial score (nSPS) is 11.2. The van der Waals surface area contributed by atoms with Crippen LogP contribution in [0.25, 0.3) is 44.7 Å². The van der Waals surface area contributed by atoms with Crippen molar-refractivity contribution < 1.29 is 17.7 Å². The van der Waals surface area contributed by atoms with Gasteiger partial charge in [-0.2, -0.15) is 0 Å². The van der Waals surface area contributed by atoms with Gasteiger partial charge in [0.05, 0.1) is 0 Å². The van der Waals surface area contributed by atoms with Crippen molar-refractivity contribution in [1.82, 2.24) is 0 Å². The molecule has 0 aromatic carbocycles. The number of rotatable bonds is 0. The lowest BCUT2D eigenvalue weighted by Crippen LogP contribution is -1.66. The first kappa shape index (κ1) is 16.5. The van der Waals surface area contributed by atoms with Crippen molar-refractivity contribution in [2.24, 2.45) is 0 Å². The zero-order chi connectivity index (χ0) is 19.1. The molecule has 0 atom stereocenters. The molecule has 0 saturated carbocycles. The minimum Gasteiger partial charge on any atom is -0.457 e. The molecule has 0 unspecified atom stereocenters. The summed E-state index contributed by atoms with van der Waals surface area (Å²) in [4.78, 5) is 0. The number of fused-ring (bicyclic) bond motifs is 8. The Kier molecular flexibility index (Phi) is 3.83. The first-order chi connectivity index (χ1) is 13.7. The Morgan fingerprint density at radius 3 is 0.821 bits per heavy atom. The molecule has 0 radical (unpaired) electrons. The molecule has 0 aliphatic carbocycles. The van der Waals surface area contributed by atoms with Crippen LogP contribution in [0.1, 0.15) is 11.1 Å². The van der Waals surface area contributed by atoms with Gasteiger partial charge in [0.1, 0.15) is 44.7 Å². The maximum absolute atomic E-state index is 5.93. The molecule has 0 N–H and O–H groups in total. The second kappa shape index (κ2) is 6.50. The predicted octanol–water partition coefficient (Wildman–Crippen LogP) is 7.54. The van der Waals surface area contributed by atoms with E-state index < -0.39 is 0 Å². The Labute approximate surface area is 160 Å². The molecule has 0 spiro atoms. The van der Waals surface area contributed by atoms with Gasteiger partial charge in [0, 0.05) is 11.1 Å². The number of hydrogen-bond donors (Lipinski definition) is 0. The van der Waals surface area contributed by atoms with Crippen molar-refractivity contribution in [2.75, 3.05) is 0 Å². The second-order valence-electron chi connectivity index (χ2n) is 6.72. The van der Waals surface area contributed by atoms with Gasteiger partial charge in [0.15, 0.2) is 0 Å². The van der Waals surface area contributed by atoms with Crippen LogP contribution in [0.15, 0.2) is 90.5 Å². The molecule has 8 bridgehead atoms. The molecule has 4 nitrogen and oxygen atoms in total. The van der Waals surface area contributed by atoms with E-state index in [1.807, 2.05) is 86.6 Å². The molecule has 0 aliphatic rings. The lowest BCUT2D eigenvalue weighted by atomic mass is 10.3. The van der Waals surface area contributed by atoms with Crippen molar-refractivity contribution in [3.8, 4) is 0 Å². The smallest absolute Gasteiger partial charge is 0.134 e. The topological polar surface area (TPSA) is 52.6 Å². The van der Waals surface area contributed by atoms with E-state index in [0.717, 1.165) is 55.8 Å². The maximum Gasteiger partial charge on any atom is 0.134 e. The Hall–Kier alpha value is -3.66. The van der Waals surface area contributed by atoms with Crippen LogP contribution in [0.3, 0.4) is 0 Å². The fourth-order valence-electron chi connectivity index (χ4n) is 3.15. The third kappa shape index (κ3) is 2.99. The van der Waals surface area contributed by atoms with Crippen LogP contribution in [0, 0.1) is 13.8 Å². The van der Waals surface area contributed by atoms with Gasteiger partial charge in [-0.25, -0.2) is 0 Å². The van der Waals surface area contributed by atoms with E-state index in [-0.39, 0.29) is 0 Å². The van der Waals surface area contributed by atoms with Gasteiger partial charge in [0.2, 0.25) is 0 Å². The van der Waals surface area contributed by atoms with Crippen LogP contribution in [0.4, 0.5) is 0 Å². The lowest BCUT2D eigenvalue weighted by molar-refractivity contribution is 0.642. The van der Waals surface area contributed by atoms with Gasteiger partial charge in [0.25, 0.3) is 0 Å². The van der Waals surface area contributed by atoms with E-state index in [2.05, 4.69) is 0 Å². The molecular weight excluding hydrogens is 352 g/mol. The van der Waals surface area contributed by atoms with Crippen molar-refractivity contribution >= 4 is 44.7 Å². The van der Waals surface area contributed by atoms with Crippen molar-refractivity contribution in [2.45, 2.75) is 13.8 Å². The number of hydrogen-bond acceptors (Lipinski definition) is 4. The van der Waals surface area contributed by atoms with Gasteiger partial charge in [-0.15, -0.1) is 0 Å². The average molecular weight is 370 g/mol. The van der Waals surface area contributed by atoms with Crippen LogP contribution in [-0.4, -0.2) is 0 Å². The summed E-state index contributed by atoms with van der Waals surface area (Å²) in [6.45, 7) is 3.96. The van der Waals surface area contributed by atoms with Crippen molar-refractivity contribution in [1.29, 1.82) is 0 Å². The Balaban J connectivity index is 1.86. The summed E-state index contributed by atoms with van der Waals surface area (Å²) in [5, 5.41) is 0. The summed E-state index contributed by atoms with van der Waals surface area (Å²) in [7, 11) is 0. The molecule has 28 heavy (non-hydrogen) atoms. The molecule has 5 aromatic heterocycles. The van der Waals surface area contributed by atoms with Crippen LogP contribution in [-0.2, 0) is 0 Å². The fraction of sp³-hybridized carbons (Fsp3) is 0.0833. The van der Waals surface area contributed by atoms with E-state index >= 15 is 0 Å². The van der Waals surface area contributed by atoms with Crippen LogP contribution < -0.4 is 0 Å². The summed E-state index contributed by atoms with van der Waals surface area (Å²) in [6, 6.07) is 23.0. The summed E-state index contributed by atoms with van der Waals surface area (Å²) >= 11 is 0. The van der Waals surface area contributed by atoms with Gasteiger partial charge in [-0.05, 0) is 86.6 Å². The zero-order valence-electron chi connectivity index (χ0n) is 15.6. The minimum absolute atomic E-state index is 0.747. The summed E-state index contributed by atoms with van der Waals surface area (Å²) in [6.07, 6.45) is 0. The molecule has 0 amide bonds.